The number of pyridine rings is 2. The van der Waals surface area contributed by atoms with E-state index in [1.807, 2.05) is 44.2 Å². The fraction of sp³-hybridized carbons (Fsp3) is 0.245. The third kappa shape index (κ3) is 12.1. The Morgan fingerprint density at radius 1 is 0.750 bits per heavy atom. The molecule has 4 N–H and O–H groups in total. The molecule has 0 saturated carbocycles. The number of hydrogen-bond donors (Lipinski definition) is 4. The third-order valence-corrected chi connectivity index (χ3v) is 11.0. The largest absolute Gasteiger partial charge is 0.488 e. The van der Waals surface area contributed by atoms with Gasteiger partial charge in [0.25, 0.3) is 0 Å². The van der Waals surface area contributed by atoms with Crippen LogP contribution in [-0.2, 0) is 44.4 Å². The highest BCUT2D eigenvalue weighted by Gasteiger charge is 2.20. The average Bonchev–Trinajstić information content (AvgIpc) is 3.29. The van der Waals surface area contributed by atoms with Gasteiger partial charge in [-0.25, -0.2) is 0 Å². The van der Waals surface area contributed by atoms with Crippen molar-refractivity contribution in [2.75, 3.05) is 13.7 Å². The number of hydrogen-bond acceptors (Lipinski definition) is 12. The summed E-state index contributed by atoms with van der Waals surface area (Å²) in [6.45, 7) is 4.25. The Morgan fingerprint density at radius 3 is 1.84 bits per heavy atom. The van der Waals surface area contributed by atoms with Crippen LogP contribution >= 0.6 is 23.2 Å². The summed E-state index contributed by atoms with van der Waals surface area (Å²) in [6.07, 6.45) is 8.20. The van der Waals surface area contributed by atoms with Crippen molar-refractivity contribution in [3.8, 4) is 40.2 Å². The molecular weight excluding hydrogens is 857 g/mol. The summed E-state index contributed by atoms with van der Waals surface area (Å²) in [7, 11) is 1.69. The molecule has 0 unspecified atom stereocenters. The number of nitrogens with zero attached hydrogens (tertiary/aromatic N) is 4. The van der Waals surface area contributed by atoms with Gasteiger partial charge >= 0.3 is 5.97 Å². The molecule has 6 rings (SSSR count). The first-order chi connectivity index (χ1) is 31.0. The number of rotatable bonds is 21. The van der Waals surface area contributed by atoms with E-state index in [4.69, 9.17) is 42.1 Å². The third-order valence-electron chi connectivity index (χ3n) is 10.4. The van der Waals surface area contributed by atoms with E-state index >= 15 is 0 Å². The summed E-state index contributed by atoms with van der Waals surface area (Å²) in [4.78, 5) is 24.2. The van der Waals surface area contributed by atoms with Gasteiger partial charge in [0, 0.05) is 91.2 Å². The first kappa shape index (κ1) is 47.0. The van der Waals surface area contributed by atoms with Crippen molar-refractivity contribution in [2.24, 2.45) is 4.99 Å². The standard InChI is InChI=1S/C49H47Cl2N5O8/c1-30-36(28-63-47-16-45(61-26-34-12-32(18-52)20-54-22-34)38(14-42(47)50)24-56-44(10-11-57)49(59)60)6-4-8-40(30)41-9-5-7-37(31(41)2)29-64-48-17-46(39(25-58)15-43(48)51)62-27-35-13-33(19-53-3)21-55-23-35/h4-9,12-17,19-23,44,56-58H,10-11,24-29H2,1-3H3,(H,59,60)/b53-19+/t44-/m1/s1. The summed E-state index contributed by atoms with van der Waals surface area (Å²) < 4.78 is 24.9. The smallest absolute Gasteiger partial charge is 0.320 e. The molecule has 0 aliphatic rings. The number of aromatic nitrogens is 2. The number of aliphatic hydroxyl groups excluding tert-OH is 2. The summed E-state index contributed by atoms with van der Waals surface area (Å²) in [5.41, 5.74) is 9.71. The molecule has 0 amide bonds. The Hall–Kier alpha value is -6.53. The molecule has 0 aliphatic heterocycles. The van der Waals surface area contributed by atoms with Gasteiger partial charge in [-0.15, -0.1) is 0 Å². The molecule has 0 aliphatic carbocycles. The number of carboxylic acid groups (broad SMARTS) is 1. The number of carboxylic acids is 1. The van der Waals surface area contributed by atoms with Crippen molar-refractivity contribution < 1.29 is 39.1 Å². The topological polar surface area (TPSA) is 189 Å². The highest BCUT2D eigenvalue weighted by atomic mass is 35.5. The van der Waals surface area contributed by atoms with Gasteiger partial charge < -0.3 is 39.6 Å². The Balaban J connectivity index is 1.18. The number of nitrogens with one attached hydrogen (secondary N) is 1. The number of ether oxygens (including phenoxy) is 4. The lowest BCUT2D eigenvalue weighted by molar-refractivity contribution is -0.140. The minimum atomic E-state index is -1.10. The van der Waals surface area contributed by atoms with Gasteiger partial charge in [0.2, 0.25) is 0 Å². The fourth-order valence-corrected chi connectivity index (χ4v) is 7.39. The molecule has 6 aromatic rings. The molecule has 2 aromatic heterocycles. The van der Waals surface area contributed by atoms with E-state index < -0.39 is 12.0 Å². The fourth-order valence-electron chi connectivity index (χ4n) is 6.91. The zero-order chi connectivity index (χ0) is 45.6. The van der Waals surface area contributed by atoms with Crippen molar-refractivity contribution in [3.05, 3.63) is 163 Å². The molecule has 15 heteroatoms. The van der Waals surface area contributed by atoms with E-state index in [9.17, 15) is 25.4 Å². The average molecular weight is 905 g/mol. The van der Waals surface area contributed by atoms with Crippen molar-refractivity contribution in [1.29, 1.82) is 5.26 Å². The Bertz CT molecular complexity index is 2670. The second kappa shape index (κ2) is 22.7. The van der Waals surface area contributed by atoms with E-state index in [2.05, 4.69) is 38.5 Å². The molecule has 0 bridgehead atoms. The number of benzene rings is 4. The molecular formula is C49H47Cl2N5O8. The number of aliphatic carboxylic acids is 1. The minimum absolute atomic E-state index is 0.0146. The lowest BCUT2D eigenvalue weighted by Gasteiger charge is -2.19. The Labute approximate surface area is 381 Å². The first-order valence-electron chi connectivity index (χ1n) is 20.2. The molecule has 4 aromatic carbocycles. The van der Waals surface area contributed by atoms with Gasteiger partial charge in [-0.1, -0.05) is 59.6 Å². The minimum Gasteiger partial charge on any atom is -0.488 e. The number of aliphatic hydroxyl groups is 2. The zero-order valence-electron chi connectivity index (χ0n) is 35.5. The maximum Gasteiger partial charge on any atom is 0.320 e. The van der Waals surface area contributed by atoms with Crippen LogP contribution in [0.2, 0.25) is 10.0 Å². The monoisotopic (exact) mass is 903 g/mol. The first-order valence-corrected chi connectivity index (χ1v) is 21.0. The molecule has 2 heterocycles. The summed E-state index contributed by atoms with van der Waals surface area (Å²) >= 11 is 13.4. The number of nitriles is 1. The van der Waals surface area contributed by atoms with Gasteiger partial charge in [0.05, 0.1) is 22.2 Å². The van der Waals surface area contributed by atoms with Crippen molar-refractivity contribution in [2.45, 2.75) is 65.9 Å². The van der Waals surface area contributed by atoms with E-state index in [0.717, 1.165) is 44.5 Å². The molecule has 0 spiro atoms. The Kier molecular flexibility index (Phi) is 16.7. The van der Waals surface area contributed by atoms with Gasteiger partial charge in [-0.2, -0.15) is 5.26 Å². The second-order valence-electron chi connectivity index (χ2n) is 14.8. The zero-order valence-corrected chi connectivity index (χ0v) is 37.0. The van der Waals surface area contributed by atoms with Crippen LogP contribution in [0.3, 0.4) is 0 Å². The molecule has 1 atom stereocenters. The molecule has 0 fully saturated rings. The van der Waals surface area contributed by atoms with Crippen molar-refractivity contribution in [3.63, 3.8) is 0 Å². The lowest BCUT2D eigenvalue weighted by Crippen LogP contribution is -2.37. The van der Waals surface area contributed by atoms with Gasteiger partial charge in [-0.3, -0.25) is 19.8 Å². The van der Waals surface area contributed by atoms with Crippen LogP contribution in [-0.4, -0.2) is 57.2 Å². The predicted molar refractivity (Wildman–Crippen MR) is 244 cm³/mol. The van der Waals surface area contributed by atoms with E-state index in [-0.39, 0.29) is 52.6 Å². The van der Waals surface area contributed by atoms with Gasteiger partial charge in [0.15, 0.2) is 0 Å². The maximum absolute atomic E-state index is 11.8. The molecule has 13 nitrogen and oxygen atoms in total. The van der Waals surface area contributed by atoms with Gasteiger partial charge in [-0.05, 0) is 77.9 Å². The highest BCUT2D eigenvalue weighted by Crippen LogP contribution is 2.37. The molecule has 0 radical (unpaired) electrons. The summed E-state index contributed by atoms with van der Waals surface area (Å²) in [5.74, 6) is 0.491. The van der Waals surface area contributed by atoms with Crippen LogP contribution in [0, 0.1) is 25.2 Å². The van der Waals surface area contributed by atoms with Crippen LogP contribution < -0.4 is 24.3 Å². The summed E-state index contributed by atoms with van der Waals surface area (Å²) in [5, 5.41) is 42.0. The maximum atomic E-state index is 11.8. The van der Waals surface area contributed by atoms with Crippen LogP contribution in [0.5, 0.6) is 23.0 Å². The lowest BCUT2D eigenvalue weighted by atomic mass is 9.92. The quantitative estimate of drug-likeness (QED) is 0.0504. The normalized spacial score (nSPS) is 11.6. The Morgan fingerprint density at radius 2 is 1.30 bits per heavy atom. The van der Waals surface area contributed by atoms with Crippen molar-refractivity contribution in [1.82, 2.24) is 15.3 Å². The number of aliphatic imine (C=N–C) groups is 1. The number of halogens is 2. The van der Waals surface area contributed by atoms with Crippen LogP contribution in [0.25, 0.3) is 11.1 Å². The summed E-state index contributed by atoms with van der Waals surface area (Å²) in [6, 6.07) is 23.4. The molecule has 330 valence electrons. The van der Waals surface area contributed by atoms with Crippen LogP contribution in [0.1, 0.15) is 62.1 Å². The molecule has 64 heavy (non-hydrogen) atoms. The second-order valence-corrected chi connectivity index (χ2v) is 15.6. The SMILES string of the molecule is C/N=C/c1cncc(COc2cc(OCc3cccc(-c4cccc(COc5cc(OCc6cncc(C#N)c6)c(CN[C@H](CCO)C(=O)O)cc5Cl)c4C)c3C)c(Cl)cc2CO)c1. The van der Waals surface area contributed by atoms with E-state index in [1.54, 1.807) is 62.2 Å². The van der Waals surface area contributed by atoms with E-state index in [0.29, 0.717) is 55.3 Å². The molecule has 0 saturated heterocycles. The highest BCUT2D eigenvalue weighted by molar-refractivity contribution is 6.32. The van der Waals surface area contributed by atoms with Crippen LogP contribution in [0.4, 0.5) is 0 Å². The van der Waals surface area contributed by atoms with Crippen LogP contribution in [0.15, 0.2) is 103 Å². The van der Waals surface area contributed by atoms with Gasteiger partial charge in [0.1, 0.15) is 61.5 Å². The predicted octanol–water partition coefficient (Wildman–Crippen LogP) is 8.72. The van der Waals surface area contributed by atoms with Crippen molar-refractivity contribution >= 4 is 35.4 Å². The van der Waals surface area contributed by atoms with E-state index in [1.165, 1.54) is 6.20 Å². The number of carbonyl (C=O) groups is 1.